The van der Waals surface area contributed by atoms with E-state index in [1.165, 1.54) is 0 Å². The maximum absolute atomic E-state index is 13.0. The lowest BCUT2D eigenvalue weighted by Gasteiger charge is -2.40. The minimum absolute atomic E-state index is 0.00894. The third kappa shape index (κ3) is 4.33. The molecule has 3 rings (SSSR count). The van der Waals surface area contributed by atoms with Crippen LogP contribution in [-0.2, 0) is 20.9 Å². The van der Waals surface area contributed by atoms with E-state index in [9.17, 15) is 9.59 Å². The summed E-state index contributed by atoms with van der Waals surface area (Å²) in [5, 5.41) is 0. The van der Waals surface area contributed by atoms with Crippen LogP contribution in [-0.4, -0.2) is 93.2 Å². The molecular formula is C19H27N3O5. The number of ether oxygens (including phenoxy) is 3. The number of amides is 2. The fourth-order valence-electron chi connectivity index (χ4n) is 3.41. The molecule has 0 saturated carbocycles. The van der Waals surface area contributed by atoms with E-state index in [2.05, 4.69) is 4.90 Å². The van der Waals surface area contributed by atoms with Gasteiger partial charge in [0, 0.05) is 37.8 Å². The van der Waals surface area contributed by atoms with Gasteiger partial charge in [0.05, 0.1) is 27.4 Å². The monoisotopic (exact) mass is 377 g/mol. The zero-order chi connectivity index (χ0) is 19.4. The number of rotatable bonds is 5. The first-order chi connectivity index (χ1) is 13.0. The summed E-state index contributed by atoms with van der Waals surface area (Å²) in [6.07, 6.45) is 0. The molecule has 148 valence electrons. The molecule has 0 spiro atoms. The van der Waals surface area contributed by atoms with E-state index in [1.807, 2.05) is 24.1 Å². The predicted octanol–water partition coefficient (Wildman–Crippen LogP) is 0.205. The zero-order valence-corrected chi connectivity index (χ0v) is 16.1. The Morgan fingerprint density at radius 2 is 1.93 bits per heavy atom. The standard InChI is InChI=1S/C19H27N3O5/c1-20-6-8-21(9-7-20)19(24)16-12-27-13-18(23)22(16)11-14-4-5-15(25-2)10-17(14)26-3/h4-5,10,16H,6-9,11-13H2,1-3H3/t16-/m0/s1. The first-order valence-corrected chi connectivity index (χ1v) is 9.09. The molecule has 0 unspecified atom stereocenters. The zero-order valence-electron chi connectivity index (χ0n) is 16.1. The van der Waals surface area contributed by atoms with Crippen molar-refractivity contribution < 1.29 is 23.8 Å². The van der Waals surface area contributed by atoms with Gasteiger partial charge >= 0.3 is 0 Å². The number of likely N-dealkylation sites (N-methyl/N-ethyl adjacent to an activating group) is 1. The number of morpholine rings is 1. The summed E-state index contributed by atoms with van der Waals surface area (Å²) in [4.78, 5) is 31.2. The number of carbonyl (C=O) groups excluding carboxylic acids is 2. The summed E-state index contributed by atoms with van der Waals surface area (Å²) in [7, 11) is 5.20. The van der Waals surface area contributed by atoms with Crippen LogP contribution in [0.3, 0.4) is 0 Å². The van der Waals surface area contributed by atoms with Crippen molar-refractivity contribution in [1.29, 1.82) is 0 Å². The van der Waals surface area contributed by atoms with E-state index in [4.69, 9.17) is 14.2 Å². The Kier molecular flexibility index (Phi) is 6.18. The molecule has 2 amide bonds. The Balaban J connectivity index is 1.78. The topological polar surface area (TPSA) is 71.5 Å². The van der Waals surface area contributed by atoms with Crippen LogP contribution in [0.25, 0.3) is 0 Å². The van der Waals surface area contributed by atoms with Crippen molar-refractivity contribution in [3.05, 3.63) is 23.8 Å². The maximum Gasteiger partial charge on any atom is 0.249 e. The normalized spacial score (nSPS) is 21.3. The average molecular weight is 377 g/mol. The van der Waals surface area contributed by atoms with Crippen LogP contribution in [0.2, 0.25) is 0 Å². The lowest BCUT2D eigenvalue weighted by molar-refractivity contribution is -0.160. The van der Waals surface area contributed by atoms with E-state index in [0.717, 1.165) is 18.7 Å². The number of hydrogen-bond donors (Lipinski definition) is 0. The van der Waals surface area contributed by atoms with Crippen LogP contribution >= 0.6 is 0 Å². The van der Waals surface area contributed by atoms with Gasteiger partial charge in [0.15, 0.2) is 0 Å². The van der Waals surface area contributed by atoms with Gasteiger partial charge in [-0.3, -0.25) is 9.59 Å². The largest absolute Gasteiger partial charge is 0.497 e. The maximum atomic E-state index is 13.0. The second kappa shape index (κ2) is 8.58. The van der Waals surface area contributed by atoms with Crippen LogP contribution in [0.1, 0.15) is 5.56 Å². The third-order valence-electron chi connectivity index (χ3n) is 5.13. The molecule has 0 aliphatic carbocycles. The van der Waals surface area contributed by atoms with Gasteiger partial charge in [-0.25, -0.2) is 0 Å². The molecule has 1 aromatic carbocycles. The highest BCUT2D eigenvalue weighted by Crippen LogP contribution is 2.27. The second-order valence-electron chi connectivity index (χ2n) is 6.86. The minimum atomic E-state index is -0.610. The molecule has 0 radical (unpaired) electrons. The molecule has 2 saturated heterocycles. The van der Waals surface area contributed by atoms with Crippen molar-refractivity contribution in [2.75, 3.05) is 60.7 Å². The van der Waals surface area contributed by atoms with Gasteiger partial charge in [-0.15, -0.1) is 0 Å². The summed E-state index contributed by atoms with van der Waals surface area (Å²) < 4.78 is 16.1. The van der Waals surface area contributed by atoms with E-state index in [-0.39, 0.29) is 25.0 Å². The summed E-state index contributed by atoms with van der Waals surface area (Å²) in [6.45, 7) is 3.50. The average Bonchev–Trinajstić information content (AvgIpc) is 2.69. The first-order valence-electron chi connectivity index (χ1n) is 9.09. The molecular weight excluding hydrogens is 350 g/mol. The summed E-state index contributed by atoms with van der Waals surface area (Å²) >= 11 is 0. The highest BCUT2D eigenvalue weighted by molar-refractivity contribution is 5.89. The van der Waals surface area contributed by atoms with Crippen LogP contribution < -0.4 is 9.47 Å². The quantitative estimate of drug-likeness (QED) is 0.730. The Hall–Kier alpha value is -2.32. The molecule has 0 bridgehead atoms. The lowest BCUT2D eigenvalue weighted by atomic mass is 10.1. The van der Waals surface area contributed by atoms with Crippen molar-refractivity contribution in [2.45, 2.75) is 12.6 Å². The van der Waals surface area contributed by atoms with Gasteiger partial charge in [0.2, 0.25) is 11.8 Å². The van der Waals surface area contributed by atoms with Crippen molar-refractivity contribution >= 4 is 11.8 Å². The number of carbonyl (C=O) groups is 2. The number of benzene rings is 1. The number of nitrogens with zero attached hydrogens (tertiary/aromatic N) is 3. The van der Waals surface area contributed by atoms with Crippen molar-refractivity contribution in [3.63, 3.8) is 0 Å². The fourth-order valence-corrected chi connectivity index (χ4v) is 3.41. The summed E-state index contributed by atoms with van der Waals surface area (Å²) in [5.41, 5.74) is 0.824. The van der Waals surface area contributed by atoms with Crippen LogP contribution in [0, 0.1) is 0 Å². The summed E-state index contributed by atoms with van der Waals surface area (Å²) in [5.74, 6) is 1.06. The summed E-state index contributed by atoms with van der Waals surface area (Å²) in [6, 6.07) is 4.84. The Bertz CT molecular complexity index is 688. The second-order valence-corrected chi connectivity index (χ2v) is 6.86. The highest BCUT2D eigenvalue weighted by Gasteiger charge is 2.37. The van der Waals surface area contributed by atoms with Crippen LogP contribution in [0.5, 0.6) is 11.5 Å². The first kappa shape index (κ1) is 19.4. The Labute approximate surface area is 159 Å². The fraction of sp³-hybridized carbons (Fsp3) is 0.579. The van der Waals surface area contributed by atoms with Gasteiger partial charge < -0.3 is 28.9 Å². The van der Waals surface area contributed by atoms with Gasteiger partial charge in [0.25, 0.3) is 0 Å². The molecule has 8 heteroatoms. The van der Waals surface area contributed by atoms with Crippen molar-refractivity contribution in [1.82, 2.24) is 14.7 Å². The van der Waals surface area contributed by atoms with Gasteiger partial charge in [-0.2, -0.15) is 0 Å². The van der Waals surface area contributed by atoms with Crippen LogP contribution in [0.4, 0.5) is 0 Å². The van der Waals surface area contributed by atoms with E-state index in [1.54, 1.807) is 25.2 Å². The molecule has 2 aliphatic rings. The molecule has 0 N–H and O–H groups in total. The highest BCUT2D eigenvalue weighted by atomic mass is 16.5. The molecule has 1 aromatic rings. The predicted molar refractivity (Wildman–Crippen MR) is 98.8 cm³/mol. The molecule has 1 atom stereocenters. The molecule has 2 fully saturated rings. The number of methoxy groups -OCH3 is 2. The van der Waals surface area contributed by atoms with Gasteiger partial charge in [-0.1, -0.05) is 0 Å². The number of hydrogen-bond acceptors (Lipinski definition) is 6. The van der Waals surface area contributed by atoms with E-state index < -0.39 is 6.04 Å². The van der Waals surface area contributed by atoms with Crippen LogP contribution in [0.15, 0.2) is 18.2 Å². The molecule has 2 heterocycles. The van der Waals surface area contributed by atoms with Crippen molar-refractivity contribution in [3.8, 4) is 11.5 Å². The molecule has 2 aliphatic heterocycles. The Morgan fingerprint density at radius 1 is 1.19 bits per heavy atom. The molecule has 8 nitrogen and oxygen atoms in total. The molecule has 27 heavy (non-hydrogen) atoms. The smallest absolute Gasteiger partial charge is 0.249 e. The SMILES string of the molecule is COc1ccc(CN2C(=O)COC[C@H]2C(=O)N2CCN(C)CC2)c(OC)c1. The Morgan fingerprint density at radius 3 is 2.59 bits per heavy atom. The molecule has 0 aromatic heterocycles. The number of piperazine rings is 1. The third-order valence-corrected chi connectivity index (χ3v) is 5.13. The van der Waals surface area contributed by atoms with Gasteiger partial charge in [-0.05, 0) is 19.2 Å². The van der Waals surface area contributed by atoms with Gasteiger partial charge in [0.1, 0.15) is 24.1 Å². The van der Waals surface area contributed by atoms with E-state index in [0.29, 0.717) is 31.1 Å². The minimum Gasteiger partial charge on any atom is -0.497 e. The van der Waals surface area contributed by atoms with Crippen molar-refractivity contribution in [2.24, 2.45) is 0 Å². The van der Waals surface area contributed by atoms with E-state index >= 15 is 0 Å². The lowest BCUT2D eigenvalue weighted by Crippen LogP contribution is -2.59.